The highest BCUT2D eigenvalue weighted by molar-refractivity contribution is 7.90. The van der Waals surface area contributed by atoms with Crippen molar-refractivity contribution in [2.24, 2.45) is 5.73 Å². The van der Waals surface area contributed by atoms with Gasteiger partial charge in [-0.3, -0.25) is 18.7 Å². The number of halogens is 4. The van der Waals surface area contributed by atoms with Crippen LogP contribution < -0.4 is 31.6 Å². The van der Waals surface area contributed by atoms with Gasteiger partial charge in [0.1, 0.15) is 22.9 Å². The van der Waals surface area contributed by atoms with Gasteiger partial charge in [0.2, 0.25) is 20.9 Å². The van der Waals surface area contributed by atoms with Crippen LogP contribution in [0.15, 0.2) is 106 Å². The molecule has 2 atom stereocenters. The van der Waals surface area contributed by atoms with Crippen LogP contribution in [0.2, 0.25) is 0 Å². The first kappa shape index (κ1) is 54.1. The average molecular weight is 993 g/mol. The molecule has 0 amide bonds. The normalized spacial score (nSPS) is 12.8. The molecule has 16 nitrogen and oxygen atoms in total. The Morgan fingerprint density at radius 2 is 1.10 bits per heavy atom. The second-order valence-corrected chi connectivity index (χ2v) is 19.9. The quantitative estimate of drug-likeness (QED) is 0.0628. The van der Waals surface area contributed by atoms with Gasteiger partial charge in [-0.05, 0) is 111 Å². The second-order valence-electron chi connectivity index (χ2n) is 18.0. The molecule has 21 heteroatoms. The third-order valence-electron chi connectivity index (χ3n) is 10.7. The summed E-state index contributed by atoms with van der Waals surface area (Å²) in [5, 5.41) is 22.5. The number of hydrogen-bond donors (Lipinski definition) is 4. The zero-order valence-corrected chi connectivity index (χ0v) is 41.0. The van der Waals surface area contributed by atoms with Crippen LogP contribution in [-0.4, -0.2) is 71.0 Å². The highest BCUT2D eigenvalue weighted by Gasteiger charge is 2.25. The average Bonchev–Trinajstić information content (AvgIpc) is 3.25. The lowest BCUT2D eigenvalue weighted by atomic mass is 10.0. The third-order valence-corrected chi connectivity index (χ3v) is 12.2. The molecule has 5 N–H and O–H groups in total. The molecule has 0 saturated carbocycles. The van der Waals surface area contributed by atoms with E-state index in [1.165, 1.54) is 33.7 Å². The Bertz CT molecular complexity index is 3210. The van der Waals surface area contributed by atoms with Crippen molar-refractivity contribution in [3.63, 3.8) is 0 Å². The van der Waals surface area contributed by atoms with Crippen LogP contribution in [0.4, 0.5) is 23.5 Å². The van der Waals surface area contributed by atoms with Crippen molar-refractivity contribution in [2.45, 2.75) is 116 Å². The van der Waals surface area contributed by atoms with E-state index in [0.717, 1.165) is 24.3 Å². The Kier molecular flexibility index (Phi) is 16.9. The van der Waals surface area contributed by atoms with Gasteiger partial charge in [-0.25, -0.2) is 35.9 Å². The SMILES string of the molecule is CC(C)n1c(=O)c(Oc2ccc(F)cc2F)cc2cnc(N[C@@H](C)C(C)(C)O)nc21.CC(C)n1c(=O)c(Oc2ccc(F)cc2F)cc2cnc(S(=O)(=O)Cc3ccccc3)nc21.C[C@H](N)C(C)(C)O. The predicted molar refractivity (Wildman–Crippen MR) is 258 cm³/mol. The first-order valence-corrected chi connectivity index (χ1v) is 23.6. The van der Waals surface area contributed by atoms with Crippen LogP contribution in [0.5, 0.6) is 23.0 Å². The van der Waals surface area contributed by atoms with Crippen molar-refractivity contribution in [3.05, 3.63) is 141 Å². The Morgan fingerprint density at radius 1 is 0.657 bits per heavy atom. The fourth-order valence-electron chi connectivity index (χ4n) is 6.08. The molecule has 0 bridgehead atoms. The lowest BCUT2D eigenvalue weighted by Crippen LogP contribution is -2.40. The summed E-state index contributed by atoms with van der Waals surface area (Å²) in [7, 11) is -3.88. The maximum absolute atomic E-state index is 14.0. The van der Waals surface area contributed by atoms with Crippen LogP contribution >= 0.6 is 0 Å². The van der Waals surface area contributed by atoms with E-state index < -0.39 is 66.6 Å². The molecule has 0 unspecified atom stereocenters. The molecule has 4 heterocycles. The number of sulfone groups is 1. The lowest BCUT2D eigenvalue weighted by Gasteiger charge is -2.26. The van der Waals surface area contributed by atoms with Crippen molar-refractivity contribution in [2.75, 3.05) is 5.32 Å². The Balaban J connectivity index is 0.000000230. The number of nitrogens with zero attached hydrogens (tertiary/aromatic N) is 6. The van der Waals surface area contributed by atoms with E-state index in [1.54, 1.807) is 99.6 Å². The number of ether oxygens (including phenoxy) is 2. The third kappa shape index (κ3) is 13.5. The molecule has 3 aromatic carbocycles. The van der Waals surface area contributed by atoms with Crippen LogP contribution in [0.3, 0.4) is 0 Å². The zero-order chi connectivity index (χ0) is 52.0. The molecule has 7 aromatic rings. The highest BCUT2D eigenvalue weighted by Crippen LogP contribution is 2.29. The van der Waals surface area contributed by atoms with Crippen molar-refractivity contribution in [3.8, 4) is 23.0 Å². The summed E-state index contributed by atoms with van der Waals surface area (Å²) in [4.78, 5) is 43.0. The molecule has 0 fully saturated rings. The lowest BCUT2D eigenvalue weighted by molar-refractivity contribution is 0.0581. The minimum Gasteiger partial charge on any atom is -0.448 e. The topological polar surface area (TPSA) is 227 Å². The van der Waals surface area contributed by atoms with Gasteiger partial charge in [0, 0.05) is 53.4 Å². The number of nitrogens with one attached hydrogen (secondary N) is 1. The maximum atomic E-state index is 14.0. The van der Waals surface area contributed by atoms with Crippen LogP contribution in [0.25, 0.3) is 22.1 Å². The molecule has 70 heavy (non-hydrogen) atoms. The van der Waals surface area contributed by atoms with Gasteiger partial charge in [0.25, 0.3) is 11.1 Å². The summed E-state index contributed by atoms with van der Waals surface area (Å²) in [6.07, 6.45) is 2.78. The van der Waals surface area contributed by atoms with Crippen LogP contribution in [-0.2, 0) is 15.6 Å². The maximum Gasteiger partial charge on any atom is 0.295 e. The van der Waals surface area contributed by atoms with Crippen molar-refractivity contribution >= 4 is 37.9 Å². The van der Waals surface area contributed by atoms with Gasteiger partial charge in [0.05, 0.1) is 23.0 Å². The van der Waals surface area contributed by atoms with Gasteiger partial charge in [0.15, 0.2) is 34.6 Å². The number of nitrogens with two attached hydrogens (primary N) is 1. The van der Waals surface area contributed by atoms with E-state index in [0.29, 0.717) is 34.1 Å². The van der Waals surface area contributed by atoms with Gasteiger partial charge in [-0.2, -0.15) is 9.97 Å². The number of anilines is 1. The van der Waals surface area contributed by atoms with Gasteiger partial charge in [-0.1, -0.05) is 30.3 Å². The Hall–Kier alpha value is -6.81. The summed E-state index contributed by atoms with van der Waals surface area (Å²) in [6.45, 7) is 17.3. The first-order chi connectivity index (χ1) is 32.6. The van der Waals surface area contributed by atoms with E-state index in [-0.39, 0.29) is 58.5 Å². The molecule has 0 spiro atoms. The van der Waals surface area contributed by atoms with Crippen molar-refractivity contribution in [1.29, 1.82) is 0 Å². The monoisotopic (exact) mass is 992 g/mol. The number of fused-ring (bicyclic) bond motifs is 2. The van der Waals surface area contributed by atoms with Crippen LogP contribution in [0, 0.1) is 23.3 Å². The summed E-state index contributed by atoms with van der Waals surface area (Å²) >= 11 is 0. The smallest absolute Gasteiger partial charge is 0.295 e. The number of aromatic nitrogens is 6. The van der Waals surface area contributed by atoms with E-state index >= 15 is 0 Å². The number of benzene rings is 3. The molecule has 374 valence electrons. The minimum absolute atomic E-state index is 0.101. The minimum atomic E-state index is -3.88. The molecular weight excluding hydrogens is 937 g/mol. The summed E-state index contributed by atoms with van der Waals surface area (Å²) < 4.78 is 93.6. The summed E-state index contributed by atoms with van der Waals surface area (Å²) in [6, 6.07) is 15.7. The number of aliphatic hydroxyl groups is 2. The number of hydrogen-bond acceptors (Lipinski definition) is 14. The zero-order valence-electron chi connectivity index (χ0n) is 40.2. The van der Waals surface area contributed by atoms with Crippen molar-refractivity contribution in [1.82, 2.24) is 29.1 Å². The molecule has 0 aliphatic carbocycles. The van der Waals surface area contributed by atoms with E-state index in [4.69, 9.17) is 20.3 Å². The Morgan fingerprint density at radius 3 is 1.51 bits per heavy atom. The second kappa shape index (κ2) is 21.9. The summed E-state index contributed by atoms with van der Waals surface area (Å²) in [5.74, 6) is -4.40. The predicted octanol–water partition coefficient (Wildman–Crippen LogP) is 8.54. The molecule has 0 aliphatic heterocycles. The fraction of sp³-hybridized carbons (Fsp3) is 0.347. The largest absolute Gasteiger partial charge is 0.448 e. The van der Waals surface area contributed by atoms with Crippen molar-refractivity contribution < 1.29 is 45.7 Å². The molecule has 0 saturated heterocycles. The molecular formula is C49H56F4N8O8S. The van der Waals surface area contributed by atoms with E-state index in [1.807, 2.05) is 0 Å². The standard InChI is InChI=1S/C23H19F2N3O4S.C21H24F2N4O3.C5H13NO/c1-14(2)28-21-16(10-20(22(28)29)32-19-9-8-17(24)11-18(19)25)12-26-23(27-21)33(30,31)13-15-6-4-3-5-7-15;1-11(2)27-18-13(10-24-20(26-18)25-12(3)21(4,5)29)8-17(19(27)28)30-16-7-6-14(22)9-15(16)23;1-4(6)5(2,3)7/h3-12,14H,13H2,1-2H3;6-12,29H,1-5H3,(H,24,25,26);4,7H,6H2,1-3H3/t;12-;4-/m.00/s1. The number of rotatable bonds is 13. The first-order valence-electron chi connectivity index (χ1n) is 21.9. The highest BCUT2D eigenvalue weighted by atomic mass is 32.2. The van der Waals surface area contributed by atoms with E-state index in [2.05, 4.69) is 25.3 Å². The molecule has 0 radical (unpaired) electrons. The molecule has 7 rings (SSSR count). The fourth-order valence-corrected chi connectivity index (χ4v) is 7.28. The Labute approximate surface area is 401 Å². The number of pyridine rings is 2. The molecule has 4 aromatic heterocycles. The van der Waals surface area contributed by atoms with Gasteiger partial charge >= 0.3 is 0 Å². The molecule has 0 aliphatic rings. The summed E-state index contributed by atoms with van der Waals surface area (Å²) in [5.41, 5.74) is 3.47. The van der Waals surface area contributed by atoms with Gasteiger partial charge < -0.3 is 30.7 Å². The van der Waals surface area contributed by atoms with Crippen LogP contribution in [0.1, 0.15) is 86.9 Å². The van der Waals surface area contributed by atoms with Gasteiger partial charge in [-0.15, -0.1) is 0 Å². The van der Waals surface area contributed by atoms with E-state index in [9.17, 15) is 40.7 Å².